The minimum Gasteiger partial charge on any atom is -0.550 e. The monoisotopic (exact) mass is 716 g/mol. The molecule has 1 atom stereocenters. The van der Waals surface area contributed by atoms with E-state index < -0.39 is 5.97 Å². The third-order valence-corrected chi connectivity index (χ3v) is 11.0. The summed E-state index contributed by atoms with van der Waals surface area (Å²) in [6, 6.07) is 0.347. The normalized spacial score (nSPS) is 12.1. The summed E-state index contributed by atoms with van der Waals surface area (Å²) in [5, 5.41) is 11.1. The van der Waals surface area contributed by atoms with Gasteiger partial charge in [0.2, 0.25) is 0 Å². The van der Waals surface area contributed by atoms with Crippen LogP contribution in [0.2, 0.25) is 0 Å². The van der Waals surface area contributed by atoms with Gasteiger partial charge in [-0.15, -0.1) is 0 Å². The van der Waals surface area contributed by atoms with Gasteiger partial charge in [-0.25, -0.2) is 0 Å². The Morgan fingerprint density at radius 2 is 0.612 bits per heavy atom. The molecule has 0 aliphatic carbocycles. The Hall–Kier alpha value is 1.07. The second-order valence-electron chi connectivity index (χ2n) is 15.8. The SMILES string of the molecule is CCCCCCCCCCCCCCCCCCCCN(CCCCCCCCCCCCCCCCCCCC)C(C)CCC(=O)[O-].[K+]. The van der Waals surface area contributed by atoms with Gasteiger partial charge in [0, 0.05) is 12.0 Å². The van der Waals surface area contributed by atoms with Gasteiger partial charge < -0.3 is 14.8 Å². The smallest absolute Gasteiger partial charge is 0.550 e. The minimum atomic E-state index is -0.900. The number of hydrogen-bond acceptors (Lipinski definition) is 3. The van der Waals surface area contributed by atoms with E-state index in [1.807, 2.05) is 0 Å². The molecule has 288 valence electrons. The van der Waals surface area contributed by atoms with Crippen LogP contribution in [0, 0.1) is 0 Å². The van der Waals surface area contributed by atoms with E-state index in [2.05, 4.69) is 25.7 Å². The molecule has 0 saturated carbocycles. The molecule has 0 N–H and O–H groups in total. The standard InChI is InChI=1S/C45H91NO2.K/c1-4-6-8-10-12-14-16-18-20-22-24-26-28-30-32-34-36-38-42-46(44(3)40-41-45(47)48)43-39-37-35-33-31-29-27-25-23-21-19-17-15-13-11-9-7-5-2;/h44H,4-43H2,1-3H3,(H,47,48);/q;+1/p-1. The van der Waals surface area contributed by atoms with Crippen molar-refractivity contribution in [2.75, 3.05) is 13.1 Å². The predicted molar refractivity (Wildman–Crippen MR) is 213 cm³/mol. The van der Waals surface area contributed by atoms with E-state index in [4.69, 9.17) is 0 Å². The summed E-state index contributed by atoms with van der Waals surface area (Å²) >= 11 is 0. The van der Waals surface area contributed by atoms with Gasteiger partial charge in [0.15, 0.2) is 0 Å². The number of carbonyl (C=O) groups is 1. The number of carboxylic acid groups (broad SMARTS) is 1. The molecule has 0 aliphatic heterocycles. The molecule has 0 aliphatic rings. The van der Waals surface area contributed by atoms with Crippen LogP contribution < -0.4 is 56.5 Å². The van der Waals surface area contributed by atoms with Gasteiger partial charge in [-0.1, -0.05) is 232 Å². The van der Waals surface area contributed by atoms with E-state index in [9.17, 15) is 9.90 Å². The molecule has 0 aromatic rings. The van der Waals surface area contributed by atoms with E-state index >= 15 is 0 Å². The first kappa shape index (κ1) is 52.2. The summed E-state index contributed by atoms with van der Waals surface area (Å²) in [5.41, 5.74) is 0. The van der Waals surface area contributed by atoms with Crippen molar-refractivity contribution in [1.29, 1.82) is 0 Å². The van der Waals surface area contributed by atoms with Crippen molar-refractivity contribution >= 4 is 5.97 Å². The molecule has 49 heavy (non-hydrogen) atoms. The molecule has 0 heterocycles. The molecule has 0 rings (SSSR count). The first-order valence-electron chi connectivity index (χ1n) is 22.6. The zero-order valence-electron chi connectivity index (χ0n) is 34.6. The summed E-state index contributed by atoms with van der Waals surface area (Å²) in [6.45, 7) is 9.09. The first-order chi connectivity index (χ1) is 23.6. The van der Waals surface area contributed by atoms with Crippen molar-refractivity contribution in [3.63, 3.8) is 0 Å². The van der Waals surface area contributed by atoms with Crippen LogP contribution in [-0.4, -0.2) is 30.0 Å². The van der Waals surface area contributed by atoms with E-state index in [0.717, 1.165) is 19.5 Å². The fourth-order valence-electron chi connectivity index (χ4n) is 7.49. The molecule has 0 amide bonds. The van der Waals surface area contributed by atoms with Gasteiger partial charge in [0.25, 0.3) is 0 Å². The van der Waals surface area contributed by atoms with E-state index in [1.54, 1.807) is 0 Å². The van der Waals surface area contributed by atoms with Crippen LogP contribution in [0.15, 0.2) is 0 Å². The molecular weight excluding hydrogens is 626 g/mol. The summed E-state index contributed by atoms with van der Waals surface area (Å²) in [5.74, 6) is -0.900. The van der Waals surface area contributed by atoms with Gasteiger partial charge in [-0.05, 0) is 45.7 Å². The quantitative estimate of drug-likeness (QED) is 0.0467. The summed E-state index contributed by atoms with van der Waals surface area (Å²) in [6.07, 6.45) is 51.8. The van der Waals surface area contributed by atoms with Crippen LogP contribution in [-0.2, 0) is 4.79 Å². The number of unbranched alkanes of at least 4 members (excludes halogenated alkanes) is 34. The van der Waals surface area contributed by atoms with Crippen molar-refractivity contribution in [3.8, 4) is 0 Å². The molecule has 1 unspecified atom stereocenters. The van der Waals surface area contributed by atoms with E-state index in [-0.39, 0.29) is 57.8 Å². The van der Waals surface area contributed by atoms with Crippen LogP contribution >= 0.6 is 0 Å². The summed E-state index contributed by atoms with van der Waals surface area (Å²) < 4.78 is 0. The minimum absolute atomic E-state index is 0. The van der Waals surface area contributed by atoms with Crippen molar-refractivity contribution < 1.29 is 61.3 Å². The first-order valence-corrected chi connectivity index (χ1v) is 22.6. The Kier molecular flexibility index (Phi) is 48.2. The molecule has 0 spiro atoms. The Morgan fingerprint density at radius 3 is 0.816 bits per heavy atom. The Bertz CT molecular complexity index is 575. The van der Waals surface area contributed by atoms with Crippen molar-refractivity contribution in [3.05, 3.63) is 0 Å². The molecule has 0 bridgehead atoms. The topological polar surface area (TPSA) is 43.4 Å². The third kappa shape index (κ3) is 43.4. The van der Waals surface area contributed by atoms with E-state index in [0.29, 0.717) is 6.04 Å². The number of hydrogen-bond donors (Lipinski definition) is 0. The van der Waals surface area contributed by atoms with Gasteiger partial charge in [0.05, 0.1) is 0 Å². The Balaban J connectivity index is 0. The maximum absolute atomic E-state index is 11.1. The molecule has 0 radical (unpaired) electrons. The molecule has 0 aromatic heterocycles. The number of nitrogens with zero attached hydrogens (tertiary/aromatic N) is 1. The van der Waals surface area contributed by atoms with Gasteiger partial charge in [0.1, 0.15) is 0 Å². The fraction of sp³-hybridized carbons (Fsp3) is 0.978. The number of rotatable bonds is 42. The zero-order chi connectivity index (χ0) is 35.0. The van der Waals surface area contributed by atoms with Crippen LogP contribution in [0.5, 0.6) is 0 Å². The summed E-state index contributed by atoms with van der Waals surface area (Å²) in [4.78, 5) is 13.7. The van der Waals surface area contributed by atoms with Gasteiger partial charge in [-0.2, -0.15) is 0 Å². The molecule has 3 nitrogen and oxygen atoms in total. The van der Waals surface area contributed by atoms with Crippen molar-refractivity contribution in [2.45, 2.75) is 271 Å². The predicted octanol–water partition coefficient (Wildman–Crippen LogP) is 11.3. The number of aliphatic carboxylic acids is 1. The second-order valence-corrected chi connectivity index (χ2v) is 15.8. The molecule has 4 heteroatoms. The zero-order valence-corrected chi connectivity index (χ0v) is 37.7. The molecule has 0 saturated heterocycles. The van der Waals surface area contributed by atoms with Crippen LogP contribution in [0.4, 0.5) is 0 Å². The van der Waals surface area contributed by atoms with Gasteiger partial charge >= 0.3 is 51.4 Å². The Morgan fingerprint density at radius 1 is 0.408 bits per heavy atom. The number of carbonyl (C=O) groups excluding carboxylic acids is 1. The van der Waals surface area contributed by atoms with E-state index in [1.165, 1.54) is 231 Å². The Labute approximate surface area is 352 Å². The average molecular weight is 716 g/mol. The maximum Gasteiger partial charge on any atom is 1.00 e. The average Bonchev–Trinajstić information content (AvgIpc) is 3.08. The van der Waals surface area contributed by atoms with Gasteiger partial charge in [-0.3, -0.25) is 0 Å². The third-order valence-electron chi connectivity index (χ3n) is 11.0. The number of carboxylic acids is 1. The second kappa shape index (κ2) is 45.2. The summed E-state index contributed by atoms with van der Waals surface area (Å²) in [7, 11) is 0. The van der Waals surface area contributed by atoms with Crippen LogP contribution in [0.25, 0.3) is 0 Å². The van der Waals surface area contributed by atoms with Crippen LogP contribution in [0.3, 0.4) is 0 Å². The maximum atomic E-state index is 11.1. The van der Waals surface area contributed by atoms with Crippen LogP contribution in [0.1, 0.15) is 265 Å². The van der Waals surface area contributed by atoms with Crippen molar-refractivity contribution in [1.82, 2.24) is 4.90 Å². The van der Waals surface area contributed by atoms with Crippen molar-refractivity contribution in [2.24, 2.45) is 0 Å². The fourth-order valence-corrected chi connectivity index (χ4v) is 7.49. The largest absolute Gasteiger partial charge is 1.00 e. The molecule has 0 aromatic carbocycles. The molecule has 0 fully saturated rings. The molecular formula is C45H90KNO2.